The zero-order chi connectivity index (χ0) is 16.1. The number of amides is 1. The molecule has 7 nitrogen and oxygen atoms in total. The molecule has 0 fully saturated rings. The molecule has 0 atom stereocenters. The van der Waals surface area contributed by atoms with Crippen molar-refractivity contribution in [3.05, 3.63) is 29.6 Å². The van der Waals surface area contributed by atoms with Gasteiger partial charge in [-0.2, -0.15) is 0 Å². The number of hydrogen-bond acceptors (Lipinski definition) is 6. The normalized spacial score (nSPS) is 12.4. The van der Waals surface area contributed by atoms with Gasteiger partial charge in [-0.1, -0.05) is 24.8 Å². The highest BCUT2D eigenvalue weighted by atomic mass is 32.2. The summed E-state index contributed by atoms with van der Waals surface area (Å²) in [5, 5.41) is 10.4. The van der Waals surface area contributed by atoms with Gasteiger partial charge in [0.15, 0.2) is 11.5 Å². The van der Waals surface area contributed by atoms with Gasteiger partial charge in [0.1, 0.15) is 5.82 Å². The van der Waals surface area contributed by atoms with Crippen LogP contribution in [0, 0.1) is 0 Å². The number of ether oxygens (including phenoxy) is 2. The average Bonchev–Trinajstić information content (AvgIpc) is 3.19. The molecular formula is C15H18N4O3S. The minimum atomic E-state index is -0.0606. The van der Waals surface area contributed by atoms with E-state index in [1.54, 1.807) is 0 Å². The van der Waals surface area contributed by atoms with E-state index in [2.05, 4.69) is 27.4 Å². The van der Waals surface area contributed by atoms with Crippen LogP contribution in [0.25, 0.3) is 0 Å². The molecular weight excluding hydrogens is 316 g/mol. The smallest absolute Gasteiger partial charge is 0.231 e. The van der Waals surface area contributed by atoms with Crippen LogP contribution < -0.4 is 14.8 Å². The van der Waals surface area contributed by atoms with Crippen molar-refractivity contribution < 1.29 is 14.3 Å². The fourth-order valence-corrected chi connectivity index (χ4v) is 2.77. The first-order chi connectivity index (χ1) is 11.2. The number of carbonyl (C=O) groups excluding carboxylic acids is 1. The van der Waals surface area contributed by atoms with E-state index >= 15 is 0 Å². The minimum Gasteiger partial charge on any atom is -0.454 e. The second-order valence-electron chi connectivity index (χ2n) is 5.07. The van der Waals surface area contributed by atoms with Gasteiger partial charge < -0.3 is 14.8 Å². The molecule has 1 amide bonds. The zero-order valence-corrected chi connectivity index (χ0v) is 13.6. The Labute approximate surface area is 138 Å². The Morgan fingerprint density at radius 1 is 1.39 bits per heavy atom. The Hall–Kier alpha value is -2.22. The molecule has 23 heavy (non-hydrogen) atoms. The molecule has 122 valence electrons. The average molecular weight is 334 g/mol. The third-order valence-electron chi connectivity index (χ3n) is 3.26. The van der Waals surface area contributed by atoms with E-state index in [1.165, 1.54) is 11.8 Å². The quantitative estimate of drug-likeness (QED) is 0.752. The molecule has 0 bridgehead atoms. The molecule has 2 N–H and O–H groups in total. The first-order valence-electron chi connectivity index (χ1n) is 7.44. The number of benzene rings is 1. The van der Waals surface area contributed by atoms with Gasteiger partial charge in [0.05, 0.1) is 5.75 Å². The predicted molar refractivity (Wildman–Crippen MR) is 85.5 cm³/mol. The first kappa shape index (κ1) is 15.7. The summed E-state index contributed by atoms with van der Waals surface area (Å²) in [5.74, 6) is 2.54. The molecule has 2 aromatic rings. The van der Waals surface area contributed by atoms with Gasteiger partial charge in [0.2, 0.25) is 17.9 Å². The number of nitrogens with zero attached hydrogens (tertiary/aromatic N) is 2. The number of aromatic nitrogens is 3. The monoisotopic (exact) mass is 334 g/mol. The topological polar surface area (TPSA) is 89.1 Å². The molecule has 1 aromatic heterocycles. The van der Waals surface area contributed by atoms with Crippen LogP contribution in [-0.2, 0) is 17.8 Å². The molecule has 0 saturated carbocycles. The van der Waals surface area contributed by atoms with E-state index in [1.807, 2.05) is 18.2 Å². The van der Waals surface area contributed by atoms with Crippen molar-refractivity contribution >= 4 is 17.7 Å². The van der Waals surface area contributed by atoms with Gasteiger partial charge in [-0.25, -0.2) is 4.98 Å². The van der Waals surface area contributed by atoms with Crippen molar-refractivity contribution in [1.82, 2.24) is 20.5 Å². The maximum atomic E-state index is 11.9. The van der Waals surface area contributed by atoms with Crippen LogP contribution in [0.1, 0.15) is 24.7 Å². The van der Waals surface area contributed by atoms with Crippen molar-refractivity contribution in [1.29, 1.82) is 0 Å². The number of rotatable bonds is 7. The summed E-state index contributed by atoms with van der Waals surface area (Å²) in [6.45, 7) is 2.78. The number of hydrogen-bond donors (Lipinski definition) is 2. The lowest BCUT2D eigenvalue weighted by Gasteiger charge is -2.05. The fraction of sp³-hybridized carbons (Fsp3) is 0.400. The van der Waals surface area contributed by atoms with Gasteiger partial charge in [-0.3, -0.25) is 9.89 Å². The maximum absolute atomic E-state index is 11.9. The molecule has 1 aliphatic rings. The van der Waals surface area contributed by atoms with Gasteiger partial charge in [-0.05, 0) is 24.1 Å². The lowest BCUT2D eigenvalue weighted by atomic mass is 10.2. The zero-order valence-electron chi connectivity index (χ0n) is 12.8. The Kier molecular flexibility index (Phi) is 5.02. The van der Waals surface area contributed by atoms with Crippen molar-refractivity contribution in [3.8, 4) is 11.5 Å². The Bertz CT molecular complexity index is 689. The Balaban J connectivity index is 1.44. The molecule has 3 rings (SSSR count). The highest BCUT2D eigenvalue weighted by Crippen LogP contribution is 2.32. The van der Waals surface area contributed by atoms with Gasteiger partial charge in [-0.15, -0.1) is 5.10 Å². The molecule has 0 spiro atoms. The predicted octanol–water partition coefficient (Wildman–Crippen LogP) is 1.89. The Morgan fingerprint density at radius 2 is 2.26 bits per heavy atom. The lowest BCUT2D eigenvalue weighted by molar-refractivity contribution is -0.118. The standard InChI is InChI=1S/C15H18N4O3S/c1-2-3-13-17-15(19-18-13)23-8-14(20)16-7-10-4-5-11-12(6-10)22-9-21-11/h4-6H,2-3,7-9H2,1H3,(H,16,20)(H,17,18,19). The number of carbonyl (C=O) groups is 1. The molecule has 0 radical (unpaired) electrons. The van der Waals surface area contributed by atoms with Gasteiger partial charge >= 0.3 is 0 Å². The number of thioether (sulfide) groups is 1. The fourth-order valence-electron chi connectivity index (χ4n) is 2.12. The second kappa shape index (κ2) is 7.36. The van der Waals surface area contributed by atoms with E-state index in [0.717, 1.165) is 35.7 Å². The van der Waals surface area contributed by atoms with Crippen LogP contribution >= 0.6 is 11.8 Å². The maximum Gasteiger partial charge on any atom is 0.231 e. The van der Waals surface area contributed by atoms with E-state index in [9.17, 15) is 4.79 Å². The van der Waals surface area contributed by atoms with Crippen LogP contribution in [0.15, 0.2) is 23.4 Å². The SMILES string of the molecule is CCCc1nc(SCC(=O)NCc2ccc3c(c2)OCO3)n[nH]1. The van der Waals surface area contributed by atoms with E-state index in [4.69, 9.17) is 9.47 Å². The number of nitrogens with one attached hydrogen (secondary N) is 2. The summed E-state index contributed by atoms with van der Waals surface area (Å²) >= 11 is 1.32. The van der Waals surface area contributed by atoms with Crippen molar-refractivity contribution in [2.75, 3.05) is 12.5 Å². The second-order valence-corrected chi connectivity index (χ2v) is 6.01. The molecule has 0 saturated heterocycles. The van der Waals surface area contributed by atoms with Crippen LogP contribution in [0.4, 0.5) is 0 Å². The first-order valence-corrected chi connectivity index (χ1v) is 8.42. The number of aryl methyl sites for hydroxylation is 1. The van der Waals surface area contributed by atoms with Crippen LogP contribution in [-0.4, -0.2) is 33.6 Å². The summed E-state index contributed by atoms with van der Waals surface area (Å²) in [4.78, 5) is 16.2. The minimum absolute atomic E-state index is 0.0606. The van der Waals surface area contributed by atoms with E-state index in [-0.39, 0.29) is 18.5 Å². The third-order valence-corrected chi connectivity index (χ3v) is 4.10. The molecule has 2 heterocycles. The highest BCUT2D eigenvalue weighted by Gasteiger charge is 2.13. The number of H-pyrrole nitrogens is 1. The van der Waals surface area contributed by atoms with Crippen molar-refractivity contribution in [2.24, 2.45) is 0 Å². The van der Waals surface area contributed by atoms with E-state index < -0.39 is 0 Å². The van der Waals surface area contributed by atoms with E-state index in [0.29, 0.717) is 11.7 Å². The van der Waals surface area contributed by atoms with Crippen LogP contribution in [0.5, 0.6) is 11.5 Å². The summed E-state index contributed by atoms with van der Waals surface area (Å²) in [5.41, 5.74) is 0.968. The molecule has 8 heteroatoms. The summed E-state index contributed by atoms with van der Waals surface area (Å²) in [6, 6.07) is 5.64. The Morgan fingerprint density at radius 3 is 3.13 bits per heavy atom. The summed E-state index contributed by atoms with van der Waals surface area (Å²) in [6.07, 6.45) is 1.87. The lowest BCUT2D eigenvalue weighted by Crippen LogP contribution is -2.24. The number of aromatic amines is 1. The van der Waals surface area contributed by atoms with Gasteiger partial charge in [0, 0.05) is 13.0 Å². The highest BCUT2D eigenvalue weighted by molar-refractivity contribution is 7.99. The summed E-state index contributed by atoms with van der Waals surface area (Å²) in [7, 11) is 0. The van der Waals surface area contributed by atoms with Crippen molar-refractivity contribution in [2.45, 2.75) is 31.5 Å². The van der Waals surface area contributed by atoms with Crippen LogP contribution in [0.3, 0.4) is 0 Å². The largest absolute Gasteiger partial charge is 0.454 e. The van der Waals surface area contributed by atoms with Crippen LogP contribution in [0.2, 0.25) is 0 Å². The van der Waals surface area contributed by atoms with Crippen molar-refractivity contribution in [3.63, 3.8) is 0 Å². The summed E-state index contributed by atoms with van der Waals surface area (Å²) < 4.78 is 10.6. The third kappa shape index (κ3) is 4.16. The number of fused-ring (bicyclic) bond motifs is 1. The molecule has 0 unspecified atom stereocenters. The molecule has 0 aliphatic carbocycles. The van der Waals surface area contributed by atoms with Gasteiger partial charge in [0.25, 0.3) is 0 Å². The molecule has 1 aliphatic heterocycles. The molecule has 1 aromatic carbocycles.